The Kier molecular flexibility index (Phi) is 4.75. The van der Waals surface area contributed by atoms with Gasteiger partial charge in [0.1, 0.15) is 0 Å². The molecular formula is C15H22N2OS. The van der Waals surface area contributed by atoms with Crippen molar-refractivity contribution in [2.75, 3.05) is 17.3 Å². The molecule has 1 aromatic rings. The van der Waals surface area contributed by atoms with E-state index >= 15 is 0 Å². The summed E-state index contributed by atoms with van der Waals surface area (Å²) in [6.07, 6.45) is 7.17. The zero-order chi connectivity index (χ0) is 13.8. The van der Waals surface area contributed by atoms with Gasteiger partial charge >= 0.3 is 0 Å². The molecule has 0 bridgehead atoms. The Morgan fingerprint density at radius 3 is 2.53 bits per heavy atom. The van der Waals surface area contributed by atoms with Crippen LogP contribution in [0, 0.1) is 0 Å². The van der Waals surface area contributed by atoms with Crippen molar-refractivity contribution in [1.82, 2.24) is 0 Å². The minimum atomic E-state index is 0.0181. The average Bonchev–Trinajstić information content (AvgIpc) is 2.39. The monoisotopic (exact) mass is 278 g/mol. The van der Waals surface area contributed by atoms with E-state index in [4.69, 9.17) is 5.73 Å². The van der Waals surface area contributed by atoms with Crippen LogP contribution in [0.5, 0.6) is 0 Å². The summed E-state index contributed by atoms with van der Waals surface area (Å²) < 4.78 is 0. The zero-order valence-electron chi connectivity index (χ0n) is 11.6. The number of hydrogen-bond acceptors (Lipinski definition) is 4. The van der Waals surface area contributed by atoms with Gasteiger partial charge in [-0.15, -0.1) is 0 Å². The molecule has 0 amide bonds. The van der Waals surface area contributed by atoms with Crippen molar-refractivity contribution in [2.24, 2.45) is 0 Å². The molecule has 0 aromatic heterocycles. The SMILES string of the molecule is CSC1CCC(Nc2ccc(C(C)=O)c(N)c2)CC1. The fraction of sp³-hybridized carbons (Fsp3) is 0.533. The third-order valence-corrected chi connectivity index (χ3v) is 4.95. The van der Waals surface area contributed by atoms with E-state index in [0.717, 1.165) is 10.9 Å². The fourth-order valence-corrected chi connectivity index (χ4v) is 3.40. The highest BCUT2D eigenvalue weighted by Gasteiger charge is 2.20. The van der Waals surface area contributed by atoms with E-state index in [-0.39, 0.29) is 5.78 Å². The first-order valence-corrected chi connectivity index (χ1v) is 8.08. The van der Waals surface area contributed by atoms with Gasteiger partial charge in [0.25, 0.3) is 0 Å². The lowest BCUT2D eigenvalue weighted by atomic mass is 9.94. The lowest BCUT2D eigenvalue weighted by molar-refractivity contribution is 0.101. The van der Waals surface area contributed by atoms with Gasteiger partial charge in [-0.25, -0.2) is 0 Å². The molecule has 3 nitrogen and oxygen atoms in total. The van der Waals surface area contributed by atoms with Crippen LogP contribution in [0.1, 0.15) is 43.0 Å². The number of carbonyl (C=O) groups excluding carboxylic acids is 1. The molecule has 104 valence electrons. The summed E-state index contributed by atoms with van der Waals surface area (Å²) in [5.41, 5.74) is 8.10. The molecule has 2 rings (SSSR count). The number of anilines is 2. The minimum absolute atomic E-state index is 0.0181. The molecule has 3 N–H and O–H groups in total. The molecule has 1 aliphatic rings. The molecule has 1 fully saturated rings. The average molecular weight is 278 g/mol. The summed E-state index contributed by atoms with van der Waals surface area (Å²) in [5, 5.41) is 4.35. The van der Waals surface area contributed by atoms with Gasteiger partial charge in [0.05, 0.1) is 0 Å². The Morgan fingerprint density at radius 1 is 1.32 bits per heavy atom. The van der Waals surface area contributed by atoms with E-state index in [1.54, 1.807) is 6.92 Å². The first-order chi connectivity index (χ1) is 9.10. The second kappa shape index (κ2) is 6.33. The van der Waals surface area contributed by atoms with Crippen LogP contribution in [0.2, 0.25) is 0 Å². The first-order valence-electron chi connectivity index (χ1n) is 6.80. The normalized spacial score (nSPS) is 23.1. The van der Waals surface area contributed by atoms with Gasteiger partial charge < -0.3 is 11.1 Å². The third kappa shape index (κ3) is 3.66. The van der Waals surface area contributed by atoms with Gasteiger partial charge in [0.2, 0.25) is 0 Å². The largest absolute Gasteiger partial charge is 0.398 e. The Labute approximate surface area is 119 Å². The van der Waals surface area contributed by atoms with Crippen molar-refractivity contribution in [3.05, 3.63) is 23.8 Å². The number of Topliss-reactive ketones (excluding diaryl/α,β-unsaturated/α-hetero) is 1. The number of thioether (sulfide) groups is 1. The summed E-state index contributed by atoms with van der Waals surface area (Å²) in [6.45, 7) is 1.54. The Bertz CT molecular complexity index is 453. The number of nitrogens with two attached hydrogens (primary N) is 1. The summed E-state index contributed by atoms with van der Waals surface area (Å²) in [6, 6.07) is 6.17. The molecule has 1 aromatic carbocycles. The molecule has 1 aliphatic carbocycles. The second-order valence-electron chi connectivity index (χ2n) is 5.21. The number of nitrogens with one attached hydrogen (secondary N) is 1. The van der Waals surface area contributed by atoms with Crippen LogP contribution in [-0.4, -0.2) is 23.3 Å². The van der Waals surface area contributed by atoms with Gasteiger partial charge in [0.15, 0.2) is 5.78 Å². The third-order valence-electron chi connectivity index (χ3n) is 3.81. The number of rotatable bonds is 4. The lowest BCUT2D eigenvalue weighted by Crippen LogP contribution is -2.27. The Morgan fingerprint density at radius 2 is 2.00 bits per heavy atom. The molecule has 0 heterocycles. The number of benzene rings is 1. The number of nitrogen functional groups attached to an aromatic ring is 1. The van der Waals surface area contributed by atoms with E-state index in [1.165, 1.54) is 25.7 Å². The van der Waals surface area contributed by atoms with Crippen LogP contribution in [-0.2, 0) is 0 Å². The van der Waals surface area contributed by atoms with Gasteiger partial charge in [-0.05, 0) is 57.1 Å². The van der Waals surface area contributed by atoms with Crippen LogP contribution in [0.15, 0.2) is 18.2 Å². The van der Waals surface area contributed by atoms with Crippen molar-refractivity contribution < 1.29 is 4.79 Å². The van der Waals surface area contributed by atoms with Crippen LogP contribution >= 0.6 is 11.8 Å². The molecule has 0 aliphatic heterocycles. The highest BCUT2D eigenvalue weighted by atomic mass is 32.2. The summed E-state index contributed by atoms with van der Waals surface area (Å²) >= 11 is 1.98. The molecule has 0 spiro atoms. The van der Waals surface area contributed by atoms with Crippen molar-refractivity contribution in [1.29, 1.82) is 0 Å². The zero-order valence-corrected chi connectivity index (χ0v) is 12.4. The summed E-state index contributed by atoms with van der Waals surface area (Å²) in [4.78, 5) is 11.3. The van der Waals surface area contributed by atoms with Crippen molar-refractivity contribution in [2.45, 2.75) is 43.9 Å². The maximum atomic E-state index is 11.3. The quantitative estimate of drug-likeness (QED) is 0.653. The van der Waals surface area contributed by atoms with E-state index in [9.17, 15) is 4.79 Å². The lowest BCUT2D eigenvalue weighted by Gasteiger charge is -2.28. The fourth-order valence-electron chi connectivity index (χ4n) is 2.65. The van der Waals surface area contributed by atoms with Crippen LogP contribution in [0.3, 0.4) is 0 Å². The minimum Gasteiger partial charge on any atom is -0.398 e. The molecule has 0 saturated heterocycles. The van der Waals surface area contributed by atoms with E-state index in [0.29, 0.717) is 17.3 Å². The van der Waals surface area contributed by atoms with Crippen molar-refractivity contribution in [3.8, 4) is 0 Å². The molecule has 0 unspecified atom stereocenters. The van der Waals surface area contributed by atoms with E-state index in [1.807, 2.05) is 30.0 Å². The molecule has 19 heavy (non-hydrogen) atoms. The standard InChI is InChI=1S/C15H22N2OS/c1-10(18)14-8-5-12(9-15(14)16)17-11-3-6-13(19-2)7-4-11/h5,8-9,11,13,17H,3-4,6-7,16H2,1-2H3. The maximum absolute atomic E-state index is 11.3. The topological polar surface area (TPSA) is 55.1 Å². The Hall–Kier alpha value is -1.16. The summed E-state index contributed by atoms with van der Waals surface area (Å²) in [5.74, 6) is 0.0181. The van der Waals surface area contributed by atoms with Gasteiger partial charge in [-0.3, -0.25) is 4.79 Å². The van der Waals surface area contributed by atoms with Crippen LogP contribution in [0.25, 0.3) is 0 Å². The van der Waals surface area contributed by atoms with Crippen LogP contribution in [0.4, 0.5) is 11.4 Å². The van der Waals surface area contributed by atoms with Crippen molar-refractivity contribution in [3.63, 3.8) is 0 Å². The second-order valence-corrected chi connectivity index (χ2v) is 6.35. The predicted molar refractivity (Wildman–Crippen MR) is 84.0 cm³/mol. The smallest absolute Gasteiger partial charge is 0.161 e. The summed E-state index contributed by atoms with van der Waals surface area (Å²) in [7, 11) is 0. The predicted octanol–water partition coefficient (Wildman–Crippen LogP) is 3.56. The van der Waals surface area contributed by atoms with Crippen molar-refractivity contribution >= 4 is 28.9 Å². The molecule has 4 heteroatoms. The highest BCUT2D eigenvalue weighted by Crippen LogP contribution is 2.29. The number of hydrogen-bond donors (Lipinski definition) is 2. The van der Waals surface area contributed by atoms with Gasteiger partial charge in [-0.1, -0.05) is 0 Å². The van der Waals surface area contributed by atoms with Gasteiger partial charge in [-0.2, -0.15) is 11.8 Å². The molecule has 0 atom stereocenters. The van der Waals surface area contributed by atoms with Crippen LogP contribution < -0.4 is 11.1 Å². The molecular weight excluding hydrogens is 256 g/mol. The van der Waals surface area contributed by atoms with Gasteiger partial charge in [0, 0.05) is 28.2 Å². The molecule has 0 radical (unpaired) electrons. The number of ketones is 1. The first kappa shape index (κ1) is 14.3. The highest BCUT2D eigenvalue weighted by molar-refractivity contribution is 7.99. The molecule has 1 saturated carbocycles. The maximum Gasteiger partial charge on any atom is 0.161 e. The van der Waals surface area contributed by atoms with E-state index < -0.39 is 0 Å². The van der Waals surface area contributed by atoms with E-state index in [2.05, 4.69) is 11.6 Å². The number of carbonyl (C=O) groups is 1. The Balaban J connectivity index is 1.97.